The average molecular weight is 381 g/mol. The highest BCUT2D eigenvalue weighted by Gasteiger charge is 2.36. The van der Waals surface area contributed by atoms with E-state index in [0.29, 0.717) is 23.4 Å². The van der Waals surface area contributed by atoms with Gasteiger partial charge in [0, 0.05) is 29.8 Å². The number of ketones is 1. The van der Waals surface area contributed by atoms with Gasteiger partial charge in [-0.3, -0.25) is 14.4 Å². The van der Waals surface area contributed by atoms with Crippen LogP contribution in [0.5, 0.6) is 5.75 Å². The second-order valence-electron chi connectivity index (χ2n) is 6.93. The van der Waals surface area contributed by atoms with Gasteiger partial charge in [-0.25, -0.2) is 0 Å². The number of amides is 1. The van der Waals surface area contributed by atoms with E-state index < -0.39 is 11.9 Å². The number of rotatable bonds is 6. The minimum absolute atomic E-state index is 0.0155. The van der Waals surface area contributed by atoms with Crippen LogP contribution >= 0.6 is 0 Å². The summed E-state index contributed by atoms with van der Waals surface area (Å²) in [5.41, 5.74) is 3.02. The zero-order valence-electron chi connectivity index (χ0n) is 16.2. The number of benzene rings is 2. The number of carbonyl (C=O) groups is 3. The summed E-state index contributed by atoms with van der Waals surface area (Å²) in [6, 6.07) is 12.6. The third kappa shape index (κ3) is 4.22. The van der Waals surface area contributed by atoms with Crippen molar-refractivity contribution in [3.63, 3.8) is 0 Å². The van der Waals surface area contributed by atoms with Crippen LogP contribution in [0, 0.1) is 12.8 Å². The first kappa shape index (κ1) is 19.6. The standard InChI is InChI=1S/C22H23NO5/c1-14-4-7-19(8-5-14)23-12-17(11-21(23)25)22(26)28-13-18-10-16(15(2)24)6-9-20(18)27-3/h4-10,17H,11-13H2,1-3H3. The first-order valence-corrected chi connectivity index (χ1v) is 9.10. The Kier molecular flexibility index (Phi) is 5.78. The van der Waals surface area contributed by atoms with Crippen molar-refractivity contribution in [3.05, 3.63) is 59.2 Å². The molecule has 1 saturated heterocycles. The molecular formula is C22H23NO5. The van der Waals surface area contributed by atoms with Gasteiger partial charge in [0.05, 0.1) is 13.0 Å². The van der Waals surface area contributed by atoms with E-state index in [4.69, 9.17) is 9.47 Å². The van der Waals surface area contributed by atoms with Crippen LogP contribution in [0.3, 0.4) is 0 Å². The Hall–Kier alpha value is -3.15. The van der Waals surface area contributed by atoms with Gasteiger partial charge in [-0.05, 0) is 44.2 Å². The molecule has 0 spiro atoms. The number of hydrogen-bond acceptors (Lipinski definition) is 5. The highest BCUT2D eigenvalue weighted by molar-refractivity contribution is 5.99. The first-order valence-electron chi connectivity index (χ1n) is 9.10. The fraction of sp³-hybridized carbons (Fsp3) is 0.318. The Labute approximate surface area is 164 Å². The molecule has 146 valence electrons. The summed E-state index contributed by atoms with van der Waals surface area (Å²) in [5, 5.41) is 0. The molecule has 6 nitrogen and oxygen atoms in total. The van der Waals surface area contributed by atoms with Crippen molar-refractivity contribution in [2.24, 2.45) is 5.92 Å². The Bertz CT molecular complexity index is 904. The summed E-state index contributed by atoms with van der Waals surface area (Å²) in [6.45, 7) is 3.73. The van der Waals surface area contributed by atoms with Gasteiger partial charge in [0.15, 0.2) is 5.78 Å². The number of anilines is 1. The first-order chi connectivity index (χ1) is 13.4. The number of esters is 1. The van der Waals surface area contributed by atoms with Gasteiger partial charge in [-0.1, -0.05) is 17.7 Å². The lowest BCUT2D eigenvalue weighted by Crippen LogP contribution is -2.26. The second kappa shape index (κ2) is 8.25. The van der Waals surface area contributed by atoms with Crippen LogP contribution in [0.4, 0.5) is 5.69 Å². The minimum atomic E-state index is -0.518. The largest absolute Gasteiger partial charge is 0.496 e. The van der Waals surface area contributed by atoms with Crippen LogP contribution in [0.15, 0.2) is 42.5 Å². The third-order valence-corrected chi connectivity index (χ3v) is 4.86. The van der Waals surface area contributed by atoms with Crippen LogP contribution in [-0.2, 0) is 20.9 Å². The van der Waals surface area contributed by atoms with Crippen molar-refractivity contribution >= 4 is 23.3 Å². The van der Waals surface area contributed by atoms with Gasteiger partial charge in [0.1, 0.15) is 12.4 Å². The molecule has 0 aliphatic carbocycles. The Morgan fingerprint density at radius 2 is 1.86 bits per heavy atom. The van der Waals surface area contributed by atoms with Crippen LogP contribution in [0.2, 0.25) is 0 Å². The predicted octanol–water partition coefficient (Wildman–Crippen LogP) is 3.30. The Morgan fingerprint density at radius 3 is 2.50 bits per heavy atom. The highest BCUT2D eigenvalue weighted by Crippen LogP contribution is 2.27. The molecule has 1 fully saturated rings. The molecular weight excluding hydrogens is 358 g/mol. The Balaban J connectivity index is 1.66. The van der Waals surface area contributed by atoms with Gasteiger partial charge >= 0.3 is 5.97 Å². The van der Waals surface area contributed by atoms with Gasteiger partial charge < -0.3 is 14.4 Å². The number of ether oxygens (including phenoxy) is 2. The van der Waals surface area contributed by atoms with E-state index in [1.54, 1.807) is 23.1 Å². The maximum Gasteiger partial charge on any atom is 0.311 e. The molecule has 0 aromatic heterocycles. The molecule has 1 heterocycles. The van der Waals surface area contributed by atoms with Crippen molar-refractivity contribution in [1.29, 1.82) is 0 Å². The zero-order chi connectivity index (χ0) is 20.3. The maximum atomic E-state index is 12.5. The number of aryl methyl sites for hydroxylation is 1. The normalized spacial score (nSPS) is 16.2. The highest BCUT2D eigenvalue weighted by atomic mass is 16.5. The van der Waals surface area contributed by atoms with E-state index in [0.717, 1.165) is 11.3 Å². The fourth-order valence-electron chi connectivity index (χ4n) is 3.22. The number of nitrogens with zero attached hydrogens (tertiary/aromatic N) is 1. The predicted molar refractivity (Wildman–Crippen MR) is 104 cm³/mol. The zero-order valence-corrected chi connectivity index (χ0v) is 16.2. The molecule has 1 atom stereocenters. The summed E-state index contributed by atoms with van der Waals surface area (Å²) in [7, 11) is 1.52. The molecule has 1 unspecified atom stereocenters. The SMILES string of the molecule is COc1ccc(C(C)=O)cc1COC(=O)C1CC(=O)N(c2ccc(C)cc2)C1. The molecule has 0 radical (unpaired) electrons. The molecule has 3 rings (SSSR count). The van der Waals surface area contributed by atoms with Gasteiger partial charge in [-0.2, -0.15) is 0 Å². The maximum absolute atomic E-state index is 12.5. The monoisotopic (exact) mass is 381 g/mol. The van der Waals surface area contributed by atoms with Gasteiger partial charge in [0.25, 0.3) is 0 Å². The van der Waals surface area contributed by atoms with Crippen LogP contribution in [0.25, 0.3) is 0 Å². The number of Topliss-reactive ketones (excluding diaryl/α,β-unsaturated/α-hetero) is 1. The lowest BCUT2D eigenvalue weighted by Gasteiger charge is -2.17. The second-order valence-corrected chi connectivity index (χ2v) is 6.93. The van der Waals surface area contributed by atoms with E-state index in [2.05, 4.69) is 0 Å². The average Bonchev–Trinajstić information content (AvgIpc) is 3.08. The summed E-state index contributed by atoms with van der Waals surface area (Å²) in [6.07, 6.45) is 0.122. The third-order valence-electron chi connectivity index (χ3n) is 4.86. The quantitative estimate of drug-likeness (QED) is 0.567. The van der Waals surface area contributed by atoms with E-state index >= 15 is 0 Å². The number of carbonyl (C=O) groups excluding carboxylic acids is 3. The van der Waals surface area contributed by atoms with Crippen LogP contribution in [0.1, 0.15) is 34.8 Å². The molecule has 0 saturated carbocycles. The van der Waals surface area contributed by atoms with E-state index in [-0.39, 0.29) is 24.7 Å². The lowest BCUT2D eigenvalue weighted by molar-refractivity contribution is -0.149. The van der Waals surface area contributed by atoms with Crippen molar-refractivity contribution in [2.45, 2.75) is 26.9 Å². The van der Waals surface area contributed by atoms with Gasteiger partial charge in [-0.15, -0.1) is 0 Å². The molecule has 1 amide bonds. The Morgan fingerprint density at radius 1 is 1.14 bits per heavy atom. The molecule has 1 aliphatic heterocycles. The van der Waals surface area contributed by atoms with Gasteiger partial charge in [0.2, 0.25) is 5.91 Å². The van der Waals surface area contributed by atoms with Crippen molar-refractivity contribution in [2.75, 3.05) is 18.6 Å². The summed E-state index contributed by atoms with van der Waals surface area (Å²) in [4.78, 5) is 38.0. The molecule has 2 aromatic rings. The van der Waals surface area contributed by atoms with Crippen molar-refractivity contribution in [3.8, 4) is 5.75 Å². The van der Waals surface area contributed by atoms with E-state index in [1.165, 1.54) is 14.0 Å². The molecule has 0 bridgehead atoms. The molecule has 28 heavy (non-hydrogen) atoms. The summed E-state index contributed by atoms with van der Waals surface area (Å²) in [5.74, 6) is -0.581. The van der Waals surface area contributed by atoms with Crippen LogP contribution in [-0.4, -0.2) is 31.3 Å². The summed E-state index contributed by atoms with van der Waals surface area (Å²) >= 11 is 0. The lowest BCUT2D eigenvalue weighted by atomic mass is 10.1. The van der Waals surface area contributed by atoms with Crippen molar-refractivity contribution < 1.29 is 23.9 Å². The molecule has 0 N–H and O–H groups in total. The molecule has 2 aromatic carbocycles. The van der Waals surface area contributed by atoms with E-state index in [1.807, 2.05) is 31.2 Å². The number of methoxy groups -OCH3 is 1. The summed E-state index contributed by atoms with van der Waals surface area (Å²) < 4.78 is 10.7. The molecule has 1 aliphatic rings. The minimum Gasteiger partial charge on any atom is -0.496 e. The number of hydrogen-bond donors (Lipinski definition) is 0. The van der Waals surface area contributed by atoms with Crippen molar-refractivity contribution in [1.82, 2.24) is 0 Å². The molecule has 6 heteroatoms. The van der Waals surface area contributed by atoms with Crippen LogP contribution < -0.4 is 9.64 Å². The smallest absolute Gasteiger partial charge is 0.311 e. The fourth-order valence-corrected chi connectivity index (χ4v) is 3.22. The van der Waals surface area contributed by atoms with E-state index in [9.17, 15) is 14.4 Å². The topological polar surface area (TPSA) is 72.9 Å².